The Morgan fingerprint density at radius 2 is 2.05 bits per heavy atom. The number of carbonyl (C=O) groups is 1. The van der Waals surface area contributed by atoms with E-state index >= 15 is 0 Å². The van der Waals surface area contributed by atoms with Crippen LogP contribution in [-0.2, 0) is 0 Å². The van der Waals surface area contributed by atoms with E-state index in [0.29, 0.717) is 5.02 Å². The van der Waals surface area contributed by atoms with E-state index in [1.54, 1.807) is 0 Å². The Hall–Kier alpha value is -1.83. The molecule has 0 unspecified atom stereocenters. The number of phenols is 1. The van der Waals surface area contributed by atoms with Crippen LogP contribution in [0.2, 0.25) is 9.36 Å². The summed E-state index contributed by atoms with van der Waals surface area (Å²) in [5.41, 5.74) is -0.230. The SMILES string of the molecule is O=C(Nc1cc(Cl)ccc1O)c1cc([N+](=O)[O-])c(Cl)s1. The van der Waals surface area contributed by atoms with Crippen molar-refractivity contribution in [2.24, 2.45) is 0 Å². The molecule has 1 aromatic heterocycles. The summed E-state index contributed by atoms with van der Waals surface area (Å²) in [5.74, 6) is -0.789. The highest BCUT2D eigenvalue weighted by Gasteiger charge is 2.21. The van der Waals surface area contributed by atoms with Crippen molar-refractivity contribution in [3.8, 4) is 5.75 Å². The smallest absolute Gasteiger partial charge is 0.299 e. The largest absolute Gasteiger partial charge is 0.506 e. The Balaban J connectivity index is 2.26. The molecule has 9 heteroatoms. The summed E-state index contributed by atoms with van der Waals surface area (Å²) in [7, 11) is 0. The number of nitro groups is 1. The predicted octanol–water partition coefficient (Wildman–Crippen LogP) is 3.92. The van der Waals surface area contributed by atoms with Crippen molar-refractivity contribution in [3.05, 3.63) is 48.6 Å². The minimum atomic E-state index is -0.674. The summed E-state index contributed by atoms with van der Waals surface area (Å²) in [6.45, 7) is 0. The number of halogens is 2. The molecule has 0 fully saturated rings. The van der Waals surface area contributed by atoms with Crippen LogP contribution < -0.4 is 5.32 Å². The first kappa shape index (κ1) is 14.6. The van der Waals surface area contributed by atoms with Crippen LogP contribution in [0.5, 0.6) is 5.75 Å². The standard InChI is InChI=1S/C11H6Cl2N2O4S/c12-5-1-2-8(16)6(3-5)14-11(17)9-4-7(15(18)19)10(13)20-9/h1-4,16H,(H,14,17). The molecule has 0 radical (unpaired) electrons. The molecule has 0 aliphatic heterocycles. The number of hydrogen-bond donors (Lipinski definition) is 2. The molecule has 0 saturated heterocycles. The number of carbonyl (C=O) groups excluding carboxylic acids is 1. The zero-order valence-electron chi connectivity index (χ0n) is 9.59. The number of rotatable bonds is 3. The van der Waals surface area contributed by atoms with Crippen molar-refractivity contribution in [3.63, 3.8) is 0 Å². The first-order valence-electron chi connectivity index (χ1n) is 5.12. The average molecular weight is 333 g/mol. The predicted molar refractivity (Wildman–Crippen MR) is 77.1 cm³/mol. The normalized spacial score (nSPS) is 10.3. The van der Waals surface area contributed by atoms with Crippen LogP contribution in [-0.4, -0.2) is 15.9 Å². The minimum absolute atomic E-state index is 0.0566. The molecule has 0 bridgehead atoms. The molecule has 2 N–H and O–H groups in total. The number of anilines is 1. The number of benzene rings is 1. The maximum Gasteiger partial charge on any atom is 0.299 e. The molecule has 0 atom stereocenters. The van der Waals surface area contributed by atoms with Gasteiger partial charge in [0.15, 0.2) is 4.34 Å². The van der Waals surface area contributed by atoms with E-state index in [-0.39, 0.29) is 26.3 Å². The summed E-state index contributed by atoms with van der Waals surface area (Å²) < 4.78 is -0.0875. The maximum atomic E-state index is 11.9. The number of amides is 1. The van der Waals surface area contributed by atoms with E-state index in [0.717, 1.165) is 17.4 Å². The van der Waals surface area contributed by atoms with E-state index < -0.39 is 10.8 Å². The number of nitrogens with one attached hydrogen (secondary N) is 1. The molecule has 0 aliphatic rings. The highest BCUT2D eigenvalue weighted by atomic mass is 35.5. The van der Waals surface area contributed by atoms with Crippen molar-refractivity contribution in [2.45, 2.75) is 0 Å². The number of phenolic OH excluding ortho intramolecular Hbond substituents is 1. The maximum absolute atomic E-state index is 11.9. The van der Waals surface area contributed by atoms with Crippen molar-refractivity contribution < 1.29 is 14.8 Å². The van der Waals surface area contributed by atoms with Gasteiger partial charge in [-0.25, -0.2) is 0 Å². The summed E-state index contributed by atoms with van der Waals surface area (Å²) in [5, 5.41) is 23.0. The van der Waals surface area contributed by atoms with E-state index in [4.69, 9.17) is 23.2 Å². The molecule has 0 saturated carbocycles. The first-order valence-corrected chi connectivity index (χ1v) is 6.69. The van der Waals surface area contributed by atoms with Crippen LogP contribution in [0.3, 0.4) is 0 Å². The van der Waals surface area contributed by atoms with E-state index in [1.807, 2.05) is 0 Å². The molecule has 2 aromatic rings. The van der Waals surface area contributed by atoms with Crippen LogP contribution in [0, 0.1) is 10.1 Å². The lowest BCUT2D eigenvalue weighted by Crippen LogP contribution is -2.10. The number of aromatic hydroxyl groups is 1. The zero-order valence-corrected chi connectivity index (χ0v) is 11.9. The lowest BCUT2D eigenvalue weighted by Gasteiger charge is -2.06. The van der Waals surface area contributed by atoms with Crippen LogP contribution in [0.25, 0.3) is 0 Å². The highest BCUT2D eigenvalue weighted by molar-refractivity contribution is 7.18. The second kappa shape index (κ2) is 5.66. The van der Waals surface area contributed by atoms with Gasteiger partial charge in [-0.3, -0.25) is 14.9 Å². The Morgan fingerprint density at radius 1 is 1.35 bits per heavy atom. The van der Waals surface area contributed by atoms with Crippen molar-refractivity contribution in [1.29, 1.82) is 0 Å². The molecule has 1 aromatic carbocycles. The summed E-state index contributed by atoms with van der Waals surface area (Å²) in [4.78, 5) is 22.0. The average Bonchev–Trinajstić information content (AvgIpc) is 2.76. The third-order valence-corrected chi connectivity index (χ3v) is 3.87. The summed E-state index contributed by atoms with van der Waals surface area (Å²) >= 11 is 12.2. The monoisotopic (exact) mass is 332 g/mol. The molecule has 0 spiro atoms. The second-order valence-electron chi connectivity index (χ2n) is 3.64. The Labute approximate surface area is 126 Å². The molecule has 0 aliphatic carbocycles. The molecule has 20 heavy (non-hydrogen) atoms. The van der Waals surface area contributed by atoms with Gasteiger partial charge in [0.2, 0.25) is 0 Å². The Morgan fingerprint density at radius 3 is 2.65 bits per heavy atom. The first-order chi connectivity index (χ1) is 9.38. The fourth-order valence-corrected chi connectivity index (χ4v) is 2.68. The van der Waals surface area contributed by atoms with Gasteiger partial charge in [0.05, 0.1) is 10.6 Å². The van der Waals surface area contributed by atoms with Crippen LogP contribution in [0.15, 0.2) is 24.3 Å². The van der Waals surface area contributed by atoms with Gasteiger partial charge in [-0.2, -0.15) is 0 Å². The van der Waals surface area contributed by atoms with Gasteiger partial charge in [0.1, 0.15) is 10.6 Å². The van der Waals surface area contributed by atoms with Gasteiger partial charge in [0.25, 0.3) is 11.6 Å². The van der Waals surface area contributed by atoms with Gasteiger partial charge in [-0.1, -0.05) is 23.2 Å². The van der Waals surface area contributed by atoms with Gasteiger partial charge in [-0.05, 0) is 18.2 Å². The molecule has 6 nitrogen and oxygen atoms in total. The number of thiophene rings is 1. The van der Waals surface area contributed by atoms with Crippen LogP contribution in [0.4, 0.5) is 11.4 Å². The van der Waals surface area contributed by atoms with Gasteiger partial charge < -0.3 is 10.4 Å². The summed E-state index contributed by atoms with van der Waals surface area (Å²) in [6, 6.07) is 5.21. The molecule has 1 amide bonds. The second-order valence-corrected chi connectivity index (χ2v) is 5.73. The quantitative estimate of drug-likeness (QED) is 0.506. The van der Waals surface area contributed by atoms with Gasteiger partial charge in [-0.15, -0.1) is 11.3 Å². The lowest BCUT2D eigenvalue weighted by molar-refractivity contribution is -0.384. The van der Waals surface area contributed by atoms with E-state index in [1.165, 1.54) is 18.2 Å². The topological polar surface area (TPSA) is 92.5 Å². The van der Waals surface area contributed by atoms with E-state index in [2.05, 4.69) is 5.32 Å². The Bertz CT molecular complexity index is 702. The molecule has 104 valence electrons. The third kappa shape index (κ3) is 3.01. The van der Waals surface area contributed by atoms with E-state index in [9.17, 15) is 20.0 Å². The lowest BCUT2D eigenvalue weighted by atomic mass is 10.3. The number of hydrogen-bond acceptors (Lipinski definition) is 5. The van der Waals surface area contributed by atoms with Gasteiger partial charge in [0, 0.05) is 11.1 Å². The van der Waals surface area contributed by atoms with Crippen molar-refractivity contribution in [1.82, 2.24) is 0 Å². The minimum Gasteiger partial charge on any atom is -0.506 e. The molecule has 1 heterocycles. The van der Waals surface area contributed by atoms with Gasteiger partial charge >= 0.3 is 0 Å². The summed E-state index contributed by atoms with van der Waals surface area (Å²) in [6.07, 6.45) is 0. The van der Waals surface area contributed by atoms with Crippen molar-refractivity contribution in [2.75, 3.05) is 5.32 Å². The molecular weight excluding hydrogens is 327 g/mol. The molecule has 2 rings (SSSR count). The van der Waals surface area contributed by atoms with Crippen molar-refractivity contribution >= 4 is 51.8 Å². The number of nitrogens with zero attached hydrogens (tertiary/aromatic N) is 1. The highest BCUT2D eigenvalue weighted by Crippen LogP contribution is 2.34. The fourth-order valence-electron chi connectivity index (χ4n) is 1.39. The molecular formula is C11H6Cl2N2O4S. The fraction of sp³-hybridized carbons (Fsp3) is 0. The zero-order chi connectivity index (χ0) is 14.9. The Kier molecular flexibility index (Phi) is 4.12. The van der Waals surface area contributed by atoms with Crippen LogP contribution >= 0.6 is 34.5 Å². The third-order valence-electron chi connectivity index (χ3n) is 2.30. The van der Waals surface area contributed by atoms with Crippen LogP contribution in [0.1, 0.15) is 9.67 Å².